The van der Waals surface area contributed by atoms with Crippen LogP contribution in [0.4, 0.5) is 0 Å². The number of hydrogen-bond acceptors (Lipinski definition) is 3. The molecule has 0 radical (unpaired) electrons. The van der Waals surface area contributed by atoms with E-state index in [0.717, 1.165) is 49.9 Å². The molecule has 0 aliphatic rings. The highest BCUT2D eigenvalue weighted by Gasteiger charge is 2.09. The second kappa shape index (κ2) is 10.0. The van der Waals surface area contributed by atoms with Crippen LogP contribution < -0.4 is 10.1 Å². The number of nitrogens with zero attached hydrogens (tertiary/aromatic N) is 2. The van der Waals surface area contributed by atoms with E-state index in [2.05, 4.69) is 28.2 Å². The van der Waals surface area contributed by atoms with E-state index < -0.39 is 0 Å². The van der Waals surface area contributed by atoms with Crippen LogP contribution in [0.25, 0.3) is 0 Å². The minimum atomic E-state index is 0.735. The molecule has 0 fully saturated rings. The summed E-state index contributed by atoms with van der Waals surface area (Å²) >= 11 is 0. The molecule has 0 aliphatic heterocycles. The monoisotopic (exact) mass is 293 g/mol. The Morgan fingerprint density at radius 1 is 1.29 bits per heavy atom. The number of methoxy groups -OCH3 is 2. The van der Waals surface area contributed by atoms with Crippen molar-refractivity contribution in [3.63, 3.8) is 0 Å². The van der Waals surface area contributed by atoms with Gasteiger partial charge in [-0.2, -0.15) is 0 Å². The molecule has 0 saturated heterocycles. The van der Waals surface area contributed by atoms with Gasteiger partial charge in [0.25, 0.3) is 0 Å². The van der Waals surface area contributed by atoms with Crippen molar-refractivity contribution in [2.24, 2.45) is 4.99 Å². The second-order valence-electron chi connectivity index (χ2n) is 4.75. The number of aliphatic imine (C=N–C) groups is 1. The molecule has 118 valence electrons. The summed E-state index contributed by atoms with van der Waals surface area (Å²) in [6, 6.07) is 8.05. The molecular formula is C16H27N3O2. The Bertz CT molecular complexity index is 435. The highest BCUT2D eigenvalue weighted by Crippen LogP contribution is 2.18. The molecule has 5 heteroatoms. The normalized spacial score (nSPS) is 11.3. The minimum absolute atomic E-state index is 0.735. The van der Waals surface area contributed by atoms with E-state index in [1.54, 1.807) is 14.2 Å². The molecule has 0 amide bonds. The first-order valence-corrected chi connectivity index (χ1v) is 7.33. The van der Waals surface area contributed by atoms with Gasteiger partial charge in [0.05, 0.1) is 7.11 Å². The van der Waals surface area contributed by atoms with Crippen molar-refractivity contribution >= 4 is 5.96 Å². The number of nitrogens with one attached hydrogen (secondary N) is 1. The van der Waals surface area contributed by atoms with Crippen LogP contribution in [-0.2, 0) is 11.3 Å². The van der Waals surface area contributed by atoms with Gasteiger partial charge in [-0.15, -0.1) is 0 Å². The zero-order valence-corrected chi connectivity index (χ0v) is 13.6. The minimum Gasteiger partial charge on any atom is -0.496 e. The van der Waals surface area contributed by atoms with Crippen LogP contribution in [0.3, 0.4) is 0 Å². The van der Waals surface area contributed by atoms with Crippen LogP contribution in [0.15, 0.2) is 29.3 Å². The SMILES string of the molecule is CCNC(=NCCCOC)N(C)Cc1ccccc1OC. The quantitative estimate of drug-likeness (QED) is 0.453. The van der Waals surface area contributed by atoms with Crippen LogP contribution in [0, 0.1) is 0 Å². The highest BCUT2D eigenvalue weighted by atomic mass is 16.5. The van der Waals surface area contributed by atoms with Crippen LogP contribution in [0.5, 0.6) is 5.75 Å². The fourth-order valence-corrected chi connectivity index (χ4v) is 2.03. The van der Waals surface area contributed by atoms with Crippen molar-refractivity contribution < 1.29 is 9.47 Å². The number of rotatable bonds is 8. The molecular weight excluding hydrogens is 266 g/mol. The Morgan fingerprint density at radius 3 is 2.71 bits per heavy atom. The van der Waals surface area contributed by atoms with Gasteiger partial charge >= 0.3 is 0 Å². The first-order valence-electron chi connectivity index (χ1n) is 7.33. The molecule has 0 aromatic heterocycles. The molecule has 0 heterocycles. The molecule has 0 spiro atoms. The second-order valence-corrected chi connectivity index (χ2v) is 4.75. The van der Waals surface area contributed by atoms with Gasteiger partial charge in [-0.3, -0.25) is 4.99 Å². The summed E-state index contributed by atoms with van der Waals surface area (Å²) in [7, 11) is 5.44. The van der Waals surface area contributed by atoms with Crippen molar-refractivity contribution in [2.45, 2.75) is 19.9 Å². The third kappa shape index (κ3) is 6.04. The zero-order valence-electron chi connectivity index (χ0n) is 13.6. The van der Waals surface area contributed by atoms with E-state index in [0.29, 0.717) is 0 Å². The van der Waals surface area contributed by atoms with Gasteiger partial charge < -0.3 is 19.7 Å². The number of hydrogen-bond donors (Lipinski definition) is 1. The molecule has 0 atom stereocenters. The van der Waals surface area contributed by atoms with Crippen molar-refractivity contribution in [2.75, 3.05) is 41.0 Å². The van der Waals surface area contributed by atoms with E-state index >= 15 is 0 Å². The lowest BCUT2D eigenvalue weighted by Crippen LogP contribution is -2.38. The first kappa shape index (κ1) is 17.3. The number of ether oxygens (including phenoxy) is 2. The number of benzene rings is 1. The van der Waals surface area contributed by atoms with Crippen LogP contribution >= 0.6 is 0 Å². The smallest absolute Gasteiger partial charge is 0.193 e. The van der Waals surface area contributed by atoms with Crippen molar-refractivity contribution in [1.29, 1.82) is 0 Å². The number of guanidine groups is 1. The Hall–Kier alpha value is -1.75. The summed E-state index contributed by atoms with van der Waals surface area (Å²) in [4.78, 5) is 6.72. The van der Waals surface area contributed by atoms with Crippen molar-refractivity contribution in [3.8, 4) is 5.75 Å². The Morgan fingerprint density at radius 2 is 2.05 bits per heavy atom. The third-order valence-electron chi connectivity index (χ3n) is 3.06. The van der Waals surface area contributed by atoms with E-state index in [1.807, 2.05) is 25.2 Å². The first-order chi connectivity index (χ1) is 10.2. The zero-order chi connectivity index (χ0) is 15.5. The average molecular weight is 293 g/mol. The topological polar surface area (TPSA) is 46.1 Å². The van der Waals surface area contributed by atoms with E-state index in [1.165, 1.54) is 0 Å². The van der Waals surface area contributed by atoms with Crippen LogP contribution in [-0.4, -0.2) is 51.8 Å². The molecule has 0 saturated carbocycles. The molecule has 1 aromatic rings. The lowest BCUT2D eigenvalue weighted by atomic mass is 10.2. The van der Waals surface area contributed by atoms with Gasteiger partial charge in [-0.05, 0) is 19.4 Å². The van der Waals surface area contributed by atoms with E-state index in [-0.39, 0.29) is 0 Å². The fraction of sp³-hybridized carbons (Fsp3) is 0.562. The largest absolute Gasteiger partial charge is 0.496 e. The predicted molar refractivity (Wildman–Crippen MR) is 86.9 cm³/mol. The van der Waals surface area contributed by atoms with Gasteiger partial charge in [0.15, 0.2) is 5.96 Å². The van der Waals surface area contributed by atoms with E-state index in [4.69, 9.17) is 9.47 Å². The molecule has 0 bridgehead atoms. The number of para-hydroxylation sites is 1. The molecule has 0 unspecified atom stereocenters. The summed E-state index contributed by atoms with van der Waals surface area (Å²) < 4.78 is 10.4. The van der Waals surface area contributed by atoms with Gasteiger partial charge in [0.1, 0.15) is 5.75 Å². The molecule has 1 N–H and O–H groups in total. The maximum atomic E-state index is 5.40. The van der Waals surface area contributed by atoms with Gasteiger partial charge in [0, 0.05) is 46.0 Å². The summed E-state index contributed by atoms with van der Waals surface area (Å²) in [5, 5.41) is 3.31. The molecule has 21 heavy (non-hydrogen) atoms. The Kier molecular flexibility index (Phi) is 8.28. The van der Waals surface area contributed by atoms with Crippen LogP contribution in [0.1, 0.15) is 18.9 Å². The summed E-state index contributed by atoms with van der Waals surface area (Å²) in [5.74, 6) is 1.80. The van der Waals surface area contributed by atoms with Gasteiger partial charge in [-0.1, -0.05) is 18.2 Å². The summed E-state index contributed by atoms with van der Waals surface area (Å²) in [6.45, 7) is 5.16. The molecule has 1 aromatic carbocycles. The summed E-state index contributed by atoms with van der Waals surface area (Å²) in [5.41, 5.74) is 1.14. The van der Waals surface area contributed by atoms with Crippen molar-refractivity contribution in [3.05, 3.63) is 29.8 Å². The lowest BCUT2D eigenvalue weighted by Gasteiger charge is -2.23. The average Bonchev–Trinajstić information content (AvgIpc) is 2.51. The lowest BCUT2D eigenvalue weighted by molar-refractivity contribution is 0.197. The highest BCUT2D eigenvalue weighted by molar-refractivity contribution is 5.79. The summed E-state index contributed by atoms with van der Waals surface area (Å²) in [6.07, 6.45) is 0.924. The maximum absolute atomic E-state index is 5.40. The molecule has 5 nitrogen and oxygen atoms in total. The standard InChI is InChI=1S/C16H27N3O2/c1-5-17-16(18-11-8-12-20-3)19(2)13-14-9-6-7-10-15(14)21-4/h6-7,9-10H,5,8,11-13H2,1-4H3,(H,17,18). The Labute approximate surface area is 128 Å². The van der Waals surface area contributed by atoms with E-state index in [9.17, 15) is 0 Å². The fourth-order valence-electron chi connectivity index (χ4n) is 2.03. The van der Waals surface area contributed by atoms with Crippen LogP contribution in [0.2, 0.25) is 0 Å². The maximum Gasteiger partial charge on any atom is 0.193 e. The molecule has 0 aliphatic carbocycles. The van der Waals surface area contributed by atoms with Gasteiger partial charge in [-0.25, -0.2) is 0 Å². The Balaban J connectivity index is 2.69. The molecule has 1 rings (SSSR count). The van der Waals surface area contributed by atoms with Gasteiger partial charge in [0.2, 0.25) is 0 Å². The predicted octanol–water partition coefficient (Wildman–Crippen LogP) is 2.13. The van der Waals surface area contributed by atoms with Crippen molar-refractivity contribution in [1.82, 2.24) is 10.2 Å². The third-order valence-corrected chi connectivity index (χ3v) is 3.06.